The highest BCUT2D eigenvalue weighted by Crippen LogP contribution is 1.94. The first-order valence-corrected chi connectivity index (χ1v) is 3.66. The van der Waals surface area contributed by atoms with Crippen LogP contribution in [0.25, 0.3) is 0 Å². The van der Waals surface area contributed by atoms with Crippen molar-refractivity contribution in [1.29, 1.82) is 0 Å². The maximum atomic E-state index is 10.1. The molecular weight excluding hydrogens is 120 g/mol. The largest absolute Gasteiger partial charge is 0.258 e. The van der Waals surface area contributed by atoms with Crippen molar-refractivity contribution >= 4 is 22.4 Å². The second kappa shape index (κ2) is 2.59. The van der Waals surface area contributed by atoms with Gasteiger partial charge in [0.05, 0.1) is 0 Å². The number of rotatable bonds is 1. The summed E-state index contributed by atoms with van der Waals surface area (Å²) in [6.07, 6.45) is 1.58. The molecule has 0 N–H and O–H groups in total. The predicted molar refractivity (Wildman–Crippen MR) is 29.4 cm³/mol. The molecule has 0 aromatic rings. The molecule has 0 amide bonds. The molecule has 0 spiro atoms. The van der Waals surface area contributed by atoms with Crippen molar-refractivity contribution in [2.24, 2.45) is 0 Å². The van der Waals surface area contributed by atoms with E-state index in [4.69, 9.17) is 11.6 Å². The van der Waals surface area contributed by atoms with Gasteiger partial charge in [0.1, 0.15) is 4.71 Å². The number of alkyl halides is 1. The van der Waals surface area contributed by atoms with E-state index in [1.54, 1.807) is 13.2 Å². The minimum absolute atomic E-state index is 0.204. The van der Waals surface area contributed by atoms with Gasteiger partial charge < -0.3 is 0 Å². The summed E-state index contributed by atoms with van der Waals surface area (Å²) in [4.78, 5) is 0. The molecule has 0 rings (SSSR count). The van der Waals surface area contributed by atoms with Crippen LogP contribution in [-0.4, -0.2) is 15.2 Å². The summed E-state index contributed by atoms with van der Waals surface area (Å²) in [5.74, 6) is 0. The molecule has 0 radical (unpaired) electrons. The average Bonchev–Trinajstić information content (AvgIpc) is 1.36. The first-order chi connectivity index (χ1) is 2.64. The third-order valence-electron chi connectivity index (χ3n) is 0.457. The Hall–Kier alpha value is 0.440. The second-order valence-corrected chi connectivity index (χ2v) is 3.66. The fourth-order valence-corrected chi connectivity index (χ4v) is 0. The Bertz CT molecular complexity index is 61.8. The van der Waals surface area contributed by atoms with E-state index < -0.39 is 10.8 Å². The van der Waals surface area contributed by atoms with Crippen molar-refractivity contribution in [3.63, 3.8) is 0 Å². The van der Waals surface area contributed by atoms with Crippen LogP contribution in [0, 0.1) is 0 Å². The van der Waals surface area contributed by atoms with Crippen LogP contribution in [0.1, 0.15) is 6.92 Å². The van der Waals surface area contributed by atoms with Gasteiger partial charge in [-0.25, -0.2) is 0 Å². The normalized spacial score (nSPS) is 19.8. The van der Waals surface area contributed by atoms with E-state index in [9.17, 15) is 4.21 Å². The van der Waals surface area contributed by atoms with Crippen LogP contribution in [0.4, 0.5) is 0 Å². The lowest BCUT2D eigenvalue weighted by atomic mass is 11.0. The van der Waals surface area contributed by atoms with Gasteiger partial charge in [-0.1, -0.05) is 0 Å². The standard InChI is InChI=1S/C3H7ClOS/c1-3(4)6(2)5/h3H,1-2H3. The lowest BCUT2D eigenvalue weighted by Gasteiger charge is -1.90. The molecule has 1 nitrogen and oxygen atoms in total. The highest BCUT2D eigenvalue weighted by molar-refractivity contribution is 7.86. The van der Waals surface area contributed by atoms with Gasteiger partial charge in [0.25, 0.3) is 0 Å². The maximum Gasteiger partial charge on any atom is 0.106 e. The molecule has 38 valence electrons. The van der Waals surface area contributed by atoms with E-state index in [1.165, 1.54) is 0 Å². The van der Waals surface area contributed by atoms with Gasteiger partial charge in [0, 0.05) is 17.1 Å². The second-order valence-electron chi connectivity index (χ2n) is 1.04. The Kier molecular flexibility index (Phi) is 2.78. The van der Waals surface area contributed by atoms with Crippen LogP contribution >= 0.6 is 11.6 Å². The molecule has 0 saturated carbocycles. The molecule has 2 atom stereocenters. The molecule has 0 bridgehead atoms. The van der Waals surface area contributed by atoms with E-state index >= 15 is 0 Å². The molecular formula is C3H7ClOS. The maximum absolute atomic E-state index is 10.1. The van der Waals surface area contributed by atoms with Crippen LogP contribution in [0.3, 0.4) is 0 Å². The van der Waals surface area contributed by atoms with Gasteiger partial charge in [0.2, 0.25) is 0 Å². The van der Waals surface area contributed by atoms with Crippen molar-refractivity contribution in [3.8, 4) is 0 Å². The van der Waals surface area contributed by atoms with Crippen molar-refractivity contribution in [2.75, 3.05) is 6.26 Å². The van der Waals surface area contributed by atoms with Crippen LogP contribution < -0.4 is 0 Å². The molecule has 0 aromatic heterocycles. The Balaban J connectivity index is 3.26. The molecule has 0 aliphatic rings. The summed E-state index contributed by atoms with van der Waals surface area (Å²) in [6.45, 7) is 1.71. The zero-order valence-corrected chi connectivity index (χ0v) is 5.34. The minimum atomic E-state index is -0.852. The highest BCUT2D eigenvalue weighted by atomic mass is 35.5. The van der Waals surface area contributed by atoms with E-state index in [-0.39, 0.29) is 4.71 Å². The number of halogens is 1. The van der Waals surface area contributed by atoms with Crippen molar-refractivity contribution in [1.82, 2.24) is 0 Å². The third-order valence-corrected chi connectivity index (χ3v) is 2.12. The van der Waals surface area contributed by atoms with E-state index in [1.807, 2.05) is 0 Å². The fourth-order valence-electron chi connectivity index (χ4n) is 0. The van der Waals surface area contributed by atoms with Gasteiger partial charge in [-0.2, -0.15) is 0 Å². The summed E-state index contributed by atoms with van der Waals surface area (Å²) < 4.78 is 9.92. The van der Waals surface area contributed by atoms with Crippen LogP contribution in [0.2, 0.25) is 0 Å². The van der Waals surface area contributed by atoms with E-state index in [0.29, 0.717) is 0 Å². The lowest BCUT2D eigenvalue weighted by molar-refractivity contribution is 0.685. The van der Waals surface area contributed by atoms with Crippen molar-refractivity contribution in [3.05, 3.63) is 0 Å². The quantitative estimate of drug-likeness (QED) is 0.478. The van der Waals surface area contributed by atoms with Gasteiger partial charge in [-0.05, 0) is 6.92 Å². The molecule has 2 unspecified atom stereocenters. The smallest absolute Gasteiger partial charge is 0.106 e. The molecule has 0 fully saturated rings. The molecule has 3 heteroatoms. The molecule has 6 heavy (non-hydrogen) atoms. The SMILES string of the molecule is CC(Cl)S(C)=O. The summed E-state index contributed by atoms with van der Waals surface area (Å²) in [6, 6.07) is 0. The fraction of sp³-hybridized carbons (Fsp3) is 1.00. The molecule has 0 heterocycles. The molecule has 0 aliphatic carbocycles. The monoisotopic (exact) mass is 126 g/mol. The van der Waals surface area contributed by atoms with Gasteiger partial charge in [-0.15, -0.1) is 11.6 Å². The van der Waals surface area contributed by atoms with E-state index in [2.05, 4.69) is 0 Å². The first-order valence-electron chi connectivity index (χ1n) is 1.61. The number of hydrogen-bond acceptors (Lipinski definition) is 1. The van der Waals surface area contributed by atoms with Crippen LogP contribution in [0.15, 0.2) is 0 Å². The zero-order chi connectivity index (χ0) is 5.15. The minimum Gasteiger partial charge on any atom is -0.258 e. The Morgan fingerprint density at radius 3 is 2.00 bits per heavy atom. The van der Waals surface area contributed by atoms with Gasteiger partial charge in [-0.3, -0.25) is 4.21 Å². The molecule has 0 saturated heterocycles. The molecule has 0 aromatic carbocycles. The lowest BCUT2D eigenvalue weighted by Crippen LogP contribution is -1.97. The topological polar surface area (TPSA) is 17.1 Å². The number of hydrogen-bond donors (Lipinski definition) is 0. The predicted octanol–water partition coefficient (Wildman–Crippen LogP) is 0.950. The van der Waals surface area contributed by atoms with Crippen LogP contribution in [-0.2, 0) is 10.8 Å². The van der Waals surface area contributed by atoms with E-state index in [0.717, 1.165) is 0 Å². The van der Waals surface area contributed by atoms with Crippen molar-refractivity contribution in [2.45, 2.75) is 11.6 Å². The van der Waals surface area contributed by atoms with Gasteiger partial charge in [0.15, 0.2) is 0 Å². The Morgan fingerprint density at radius 1 is 1.83 bits per heavy atom. The van der Waals surface area contributed by atoms with Crippen LogP contribution in [0.5, 0.6) is 0 Å². The zero-order valence-electron chi connectivity index (χ0n) is 3.77. The third kappa shape index (κ3) is 2.67. The summed E-state index contributed by atoms with van der Waals surface area (Å²) in [5, 5.41) is 0. The van der Waals surface area contributed by atoms with Crippen molar-refractivity contribution < 1.29 is 4.21 Å². The van der Waals surface area contributed by atoms with Gasteiger partial charge >= 0.3 is 0 Å². The average molecular weight is 127 g/mol. The summed E-state index contributed by atoms with van der Waals surface area (Å²) in [5.41, 5.74) is 0. The Labute approximate surface area is 45.1 Å². The summed E-state index contributed by atoms with van der Waals surface area (Å²) >= 11 is 5.31. The first kappa shape index (κ1) is 6.44. The molecule has 0 aliphatic heterocycles. The summed E-state index contributed by atoms with van der Waals surface area (Å²) in [7, 11) is -0.852. The highest BCUT2D eigenvalue weighted by Gasteiger charge is 1.95. The Morgan fingerprint density at radius 2 is 2.00 bits per heavy atom.